The van der Waals surface area contributed by atoms with Crippen molar-refractivity contribution in [1.29, 1.82) is 0 Å². The number of hydrogen-bond donors (Lipinski definition) is 2. The molecule has 1 aromatic heterocycles. The number of halogens is 1. The molecule has 126 valence electrons. The van der Waals surface area contributed by atoms with Crippen LogP contribution >= 0.6 is 12.4 Å². The SMILES string of the molecule is CCC(C)C(N)C(=O)NCc1ccccc1Cn1cccn1.Cl. The number of nitrogens with two attached hydrogens (primary N) is 1. The summed E-state index contributed by atoms with van der Waals surface area (Å²) in [6, 6.07) is 9.49. The molecule has 2 aromatic rings. The summed E-state index contributed by atoms with van der Waals surface area (Å²) in [5, 5.41) is 7.16. The topological polar surface area (TPSA) is 72.9 Å². The Bertz CT molecular complexity index is 600. The van der Waals surface area contributed by atoms with E-state index < -0.39 is 6.04 Å². The summed E-state index contributed by atoms with van der Waals surface area (Å²) in [6.45, 7) is 5.21. The molecule has 2 rings (SSSR count). The normalized spacial score (nSPS) is 13.0. The summed E-state index contributed by atoms with van der Waals surface area (Å²) in [6.07, 6.45) is 4.58. The third-order valence-corrected chi connectivity index (χ3v) is 4.02. The van der Waals surface area contributed by atoms with Crippen LogP contribution in [0.1, 0.15) is 31.4 Å². The zero-order chi connectivity index (χ0) is 15.9. The molecule has 0 aliphatic heterocycles. The number of nitrogens with zero attached hydrogens (tertiary/aromatic N) is 2. The number of hydrogen-bond acceptors (Lipinski definition) is 3. The van der Waals surface area contributed by atoms with Gasteiger partial charge in [-0.1, -0.05) is 44.5 Å². The monoisotopic (exact) mass is 336 g/mol. The second-order valence-corrected chi connectivity index (χ2v) is 5.60. The van der Waals surface area contributed by atoms with Crippen molar-refractivity contribution >= 4 is 18.3 Å². The third kappa shape index (κ3) is 5.37. The molecule has 1 aromatic carbocycles. The first kappa shape index (κ1) is 19.2. The molecular weight excluding hydrogens is 312 g/mol. The van der Waals surface area contributed by atoms with Crippen molar-refractivity contribution in [3.63, 3.8) is 0 Å². The van der Waals surface area contributed by atoms with E-state index in [4.69, 9.17) is 5.73 Å². The van der Waals surface area contributed by atoms with E-state index in [1.807, 2.05) is 49.0 Å². The summed E-state index contributed by atoms with van der Waals surface area (Å²) in [5.74, 6) is 0.0857. The number of aromatic nitrogens is 2. The minimum absolute atomic E-state index is 0. The van der Waals surface area contributed by atoms with E-state index in [-0.39, 0.29) is 24.2 Å². The highest BCUT2D eigenvalue weighted by molar-refractivity contribution is 5.85. The quantitative estimate of drug-likeness (QED) is 0.815. The van der Waals surface area contributed by atoms with Crippen molar-refractivity contribution in [2.24, 2.45) is 11.7 Å². The molecule has 0 saturated heterocycles. The molecule has 6 heteroatoms. The van der Waals surface area contributed by atoms with Gasteiger partial charge in [-0.2, -0.15) is 5.10 Å². The Morgan fingerprint density at radius 3 is 2.61 bits per heavy atom. The predicted octanol–water partition coefficient (Wildman–Crippen LogP) is 2.34. The molecule has 1 amide bonds. The van der Waals surface area contributed by atoms with E-state index in [0.717, 1.165) is 17.5 Å². The van der Waals surface area contributed by atoms with Gasteiger partial charge in [-0.3, -0.25) is 9.48 Å². The Hall–Kier alpha value is -1.85. The maximum Gasteiger partial charge on any atom is 0.237 e. The lowest BCUT2D eigenvalue weighted by Crippen LogP contribution is -2.44. The van der Waals surface area contributed by atoms with Gasteiger partial charge in [0.25, 0.3) is 0 Å². The summed E-state index contributed by atoms with van der Waals surface area (Å²) in [4.78, 5) is 12.1. The molecule has 0 fully saturated rings. The van der Waals surface area contributed by atoms with Crippen LogP contribution in [0.3, 0.4) is 0 Å². The molecule has 0 saturated carbocycles. The summed E-state index contributed by atoms with van der Waals surface area (Å²) in [7, 11) is 0. The van der Waals surface area contributed by atoms with Gasteiger partial charge in [0.05, 0.1) is 12.6 Å². The van der Waals surface area contributed by atoms with Crippen LogP contribution in [0, 0.1) is 5.92 Å². The molecule has 0 aliphatic carbocycles. The number of rotatable bonds is 7. The van der Waals surface area contributed by atoms with Crippen LogP contribution in [0.5, 0.6) is 0 Å². The molecule has 0 spiro atoms. The van der Waals surface area contributed by atoms with E-state index >= 15 is 0 Å². The predicted molar refractivity (Wildman–Crippen MR) is 94.3 cm³/mol. The first-order chi connectivity index (χ1) is 10.6. The minimum Gasteiger partial charge on any atom is -0.351 e. The van der Waals surface area contributed by atoms with Crippen LogP contribution in [0.4, 0.5) is 0 Å². The maximum absolute atomic E-state index is 12.1. The average Bonchev–Trinajstić information content (AvgIpc) is 3.05. The van der Waals surface area contributed by atoms with Crippen molar-refractivity contribution < 1.29 is 4.79 Å². The molecule has 0 aliphatic rings. The molecule has 2 unspecified atom stereocenters. The van der Waals surface area contributed by atoms with Crippen LogP contribution in [-0.2, 0) is 17.9 Å². The fraction of sp³-hybridized carbons (Fsp3) is 0.412. The first-order valence-electron chi connectivity index (χ1n) is 7.69. The lowest BCUT2D eigenvalue weighted by atomic mass is 9.99. The van der Waals surface area contributed by atoms with Crippen molar-refractivity contribution in [2.75, 3.05) is 0 Å². The van der Waals surface area contributed by atoms with E-state index in [2.05, 4.69) is 16.5 Å². The van der Waals surface area contributed by atoms with E-state index in [1.54, 1.807) is 6.20 Å². The highest BCUT2D eigenvalue weighted by atomic mass is 35.5. The number of benzene rings is 1. The van der Waals surface area contributed by atoms with Gasteiger partial charge < -0.3 is 11.1 Å². The largest absolute Gasteiger partial charge is 0.351 e. The molecule has 0 radical (unpaired) electrons. The number of carbonyl (C=O) groups excluding carboxylic acids is 1. The Morgan fingerprint density at radius 2 is 2.00 bits per heavy atom. The Morgan fingerprint density at radius 1 is 1.30 bits per heavy atom. The molecule has 3 N–H and O–H groups in total. The summed E-state index contributed by atoms with van der Waals surface area (Å²) < 4.78 is 1.87. The molecular formula is C17H25ClN4O. The van der Waals surface area contributed by atoms with Gasteiger partial charge in [0.1, 0.15) is 0 Å². The van der Waals surface area contributed by atoms with Gasteiger partial charge in [0, 0.05) is 18.9 Å². The third-order valence-electron chi connectivity index (χ3n) is 4.02. The van der Waals surface area contributed by atoms with E-state index in [0.29, 0.717) is 13.1 Å². The highest BCUT2D eigenvalue weighted by Crippen LogP contribution is 2.11. The van der Waals surface area contributed by atoms with Crippen LogP contribution in [-0.4, -0.2) is 21.7 Å². The smallest absolute Gasteiger partial charge is 0.237 e. The molecule has 2 atom stereocenters. The number of nitrogens with one attached hydrogen (secondary N) is 1. The zero-order valence-electron chi connectivity index (χ0n) is 13.6. The summed E-state index contributed by atoms with van der Waals surface area (Å²) >= 11 is 0. The minimum atomic E-state index is -0.455. The second-order valence-electron chi connectivity index (χ2n) is 5.60. The zero-order valence-corrected chi connectivity index (χ0v) is 14.4. The summed E-state index contributed by atoms with van der Waals surface area (Å²) in [5.41, 5.74) is 8.19. The molecule has 23 heavy (non-hydrogen) atoms. The lowest BCUT2D eigenvalue weighted by Gasteiger charge is -2.18. The van der Waals surface area contributed by atoms with Gasteiger partial charge in [-0.25, -0.2) is 0 Å². The van der Waals surface area contributed by atoms with Crippen LogP contribution in [0.2, 0.25) is 0 Å². The second kappa shape index (κ2) is 9.33. The van der Waals surface area contributed by atoms with Gasteiger partial charge in [0.2, 0.25) is 5.91 Å². The maximum atomic E-state index is 12.1. The Kier molecular flexibility index (Phi) is 7.78. The van der Waals surface area contributed by atoms with Crippen molar-refractivity contribution in [3.8, 4) is 0 Å². The molecule has 0 bridgehead atoms. The van der Waals surface area contributed by atoms with Crippen LogP contribution < -0.4 is 11.1 Å². The van der Waals surface area contributed by atoms with Gasteiger partial charge in [0.15, 0.2) is 0 Å². The van der Waals surface area contributed by atoms with Crippen LogP contribution in [0.25, 0.3) is 0 Å². The van der Waals surface area contributed by atoms with Gasteiger partial charge in [-0.15, -0.1) is 12.4 Å². The van der Waals surface area contributed by atoms with Crippen molar-refractivity contribution in [3.05, 3.63) is 53.9 Å². The van der Waals surface area contributed by atoms with Crippen LogP contribution in [0.15, 0.2) is 42.7 Å². The molecule has 1 heterocycles. The van der Waals surface area contributed by atoms with Crippen molar-refractivity contribution in [1.82, 2.24) is 15.1 Å². The van der Waals surface area contributed by atoms with Crippen molar-refractivity contribution in [2.45, 2.75) is 39.4 Å². The average molecular weight is 337 g/mol. The van der Waals surface area contributed by atoms with Gasteiger partial charge in [-0.05, 0) is 23.1 Å². The van der Waals surface area contributed by atoms with Gasteiger partial charge >= 0.3 is 0 Å². The van der Waals surface area contributed by atoms with E-state index in [9.17, 15) is 4.79 Å². The standard InChI is InChI=1S/C17H24N4O.ClH/c1-3-13(2)16(18)17(22)19-11-14-7-4-5-8-15(14)12-21-10-6-9-20-21;/h4-10,13,16H,3,11-12,18H2,1-2H3,(H,19,22);1H. The Labute approximate surface area is 143 Å². The number of amides is 1. The molecule has 5 nitrogen and oxygen atoms in total. The lowest BCUT2D eigenvalue weighted by molar-refractivity contribution is -0.123. The fourth-order valence-corrected chi connectivity index (χ4v) is 2.27. The fourth-order valence-electron chi connectivity index (χ4n) is 2.27. The number of carbonyl (C=O) groups is 1. The highest BCUT2D eigenvalue weighted by Gasteiger charge is 2.19. The Balaban J connectivity index is 0.00000264. The first-order valence-corrected chi connectivity index (χ1v) is 7.69. The van der Waals surface area contributed by atoms with E-state index in [1.165, 1.54) is 0 Å².